The second-order valence-corrected chi connectivity index (χ2v) is 13.3. The number of amides is 6. The molecule has 18 N–H and O–H groups in total. The van der Waals surface area contributed by atoms with Crippen molar-refractivity contribution in [3.8, 4) is 0 Å². The molecule has 0 saturated heterocycles. The van der Waals surface area contributed by atoms with Gasteiger partial charge in [-0.3, -0.25) is 28.8 Å². The molecule has 0 bridgehead atoms. The monoisotopic (exact) mass is 779 g/mol. The maximum Gasteiger partial charge on any atom is 0.328 e. The predicted molar refractivity (Wildman–Crippen MR) is 203 cm³/mol. The molecule has 20 heteroatoms. The maximum absolute atomic E-state index is 14.0. The summed E-state index contributed by atoms with van der Waals surface area (Å²) in [6.07, 6.45) is -1.03. The van der Waals surface area contributed by atoms with E-state index in [2.05, 4.69) is 31.9 Å². The molecule has 0 aromatic heterocycles. The van der Waals surface area contributed by atoms with Gasteiger partial charge in [-0.15, -0.1) is 0 Å². The second kappa shape index (κ2) is 25.4. The van der Waals surface area contributed by atoms with Crippen molar-refractivity contribution < 1.29 is 43.8 Å². The van der Waals surface area contributed by atoms with Gasteiger partial charge in [-0.2, -0.15) is 0 Å². The molecular formula is C35H61N11O9. The lowest BCUT2D eigenvalue weighted by Gasteiger charge is -2.29. The van der Waals surface area contributed by atoms with Gasteiger partial charge in [-0.1, -0.05) is 50.6 Å². The first-order chi connectivity index (χ1) is 26.0. The summed E-state index contributed by atoms with van der Waals surface area (Å²) < 4.78 is 0. The number of carboxylic acids is 1. The first-order valence-electron chi connectivity index (χ1n) is 18.4. The highest BCUT2D eigenvalue weighted by molar-refractivity contribution is 5.97. The van der Waals surface area contributed by atoms with Crippen LogP contribution in [0.4, 0.5) is 0 Å². The van der Waals surface area contributed by atoms with Crippen LogP contribution in [0.3, 0.4) is 0 Å². The van der Waals surface area contributed by atoms with E-state index in [-0.39, 0.29) is 58.3 Å². The standard InChI is InChI=1S/C35H61N11O9/c1-4-19(2)27(34(53)43-24(12-16-38)30(49)42-25(13-17-39)32(51)46-28(20(3)47)35(54)55)45-33(52)26(18-21-8-6-5-7-9-21)44-31(50)23(11-15-37)41-29(48)22(40)10-14-36/h5-9,19-20,22-28,47H,4,10-18,36-40H2,1-3H3,(H,41,48)(H,42,49)(H,43,53)(H,44,50)(H,45,52)(H,46,51)(H,54,55)/t19-,20+,22-,23-,24-,25-,26+,27-,28-/m0/s1. The Morgan fingerprint density at radius 2 is 0.982 bits per heavy atom. The number of hydrogen-bond donors (Lipinski definition) is 13. The van der Waals surface area contributed by atoms with Crippen molar-refractivity contribution in [2.24, 2.45) is 34.6 Å². The Hall–Kier alpha value is -4.73. The first-order valence-corrected chi connectivity index (χ1v) is 18.4. The van der Waals surface area contributed by atoms with Crippen LogP contribution < -0.4 is 60.6 Å². The molecule has 0 unspecified atom stereocenters. The van der Waals surface area contributed by atoms with E-state index >= 15 is 0 Å². The highest BCUT2D eigenvalue weighted by Gasteiger charge is 2.35. The smallest absolute Gasteiger partial charge is 0.328 e. The summed E-state index contributed by atoms with van der Waals surface area (Å²) in [6, 6.07) is -0.0811. The Morgan fingerprint density at radius 3 is 1.42 bits per heavy atom. The number of nitrogens with one attached hydrogen (secondary N) is 6. The topological polar surface area (TPSA) is 362 Å². The number of carbonyl (C=O) groups excluding carboxylic acids is 6. The zero-order valence-corrected chi connectivity index (χ0v) is 31.8. The van der Waals surface area contributed by atoms with E-state index < -0.39 is 95.7 Å². The third-order valence-electron chi connectivity index (χ3n) is 8.83. The third-order valence-corrected chi connectivity index (χ3v) is 8.83. The molecule has 1 rings (SSSR count). The van der Waals surface area contributed by atoms with Gasteiger partial charge in [0.15, 0.2) is 6.04 Å². The minimum atomic E-state index is -1.66. The molecule has 0 aliphatic carbocycles. The van der Waals surface area contributed by atoms with Crippen LogP contribution in [0, 0.1) is 5.92 Å². The molecule has 0 fully saturated rings. The SMILES string of the molecule is CC[C@H](C)[C@H](NC(=O)[C@@H](Cc1ccccc1)NC(=O)[C@H](CCN)NC(=O)[C@@H](N)CCN)C(=O)N[C@@H](CCN)C(=O)N[C@@H](CCN)C(=O)N[C@H](C(=O)O)[C@@H](C)O. The lowest BCUT2D eigenvalue weighted by Crippen LogP contribution is -2.61. The molecule has 0 aliphatic heterocycles. The molecule has 0 aliphatic rings. The number of rotatable bonds is 26. The number of aliphatic hydroxyl groups excluding tert-OH is 1. The lowest BCUT2D eigenvalue weighted by atomic mass is 9.96. The molecule has 0 radical (unpaired) electrons. The number of carboxylic acid groups (broad SMARTS) is 1. The minimum absolute atomic E-state index is 0.00380. The number of benzene rings is 1. The number of aliphatic carboxylic acids is 1. The largest absolute Gasteiger partial charge is 0.480 e. The molecule has 1 aromatic rings. The van der Waals surface area contributed by atoms with Crippen LogP contribution in [-0.2, 0) is 40.0 Å². The summed E-state index contributed by atoms with van der Waals surface area (Å²) in [5.41, 5.74) is 29.2. The Bertz CT molecular complexity index is 1400. The fourth-order valence-corrected chi connectivity index (χ4v) is 5.36. The summed E-state index contributed by atoms with van der Waals surface area (Å²) in [7, 11) is 0. The molecule has 55 heavy (non-hydrogen) atoms. The number of carbonyl (C=O) groups is 7. The van der Waals surface area contributed by atoms with Crippen molar-refractivity contribution in [3.63, 3.8) is 0 Å². The van der Waals surface area contributed by atoms with E-state index in [0.717, 1.165) is 0 Å². The molecule has 6 amide bonds. The van der Waals surface area contributed by atoms with Crippen LogP contribution in [0.25, 0.3) is 0 Å². The normalized spacial score (nSPS) is 16.0. The highest BCUT2D eigenvalue weighted by atomic mass is 16.4. The molecule has 0 saturated carbocycles. The zero-order valence-electron chi connectivity index (χ0n) is 31.8. The van der Waals surface area contributed by atoms with E-state index in [9.17, 15) is 43.8 Å². The van der Waals surface area contributed by atoms with Gasteiger partial charge < -0.3 is 70.8 Å². The Morgan fingerprint density at radius 1 is 0.582 bits per heavy atom. The highest BCUT2D eigenvalue weighted by Crippen LogP contribution is 2.12. The van der Waals surface area contributed by atoms with Crippen LogP contribution in [0.1, 0.15) is 58.4 Å². The minimum Gasteiger partial charge on any atom is -0.480 e. The van der Waals surface area contributed by atoms with E-state index in [4.69, 9.17) is 28.7 Å². The summed E-state index contributed by atoms with van der Waals surface area (Å²) in [4.78, 5) is 91.8. The van der Waals surface area contributed by atoms with Crippen molar-refractivity contribution in [1.29, 1.82) is 0 Å². The van der Waals surface area contributed by atoms with Gasteiger partial charge in [0.1, 0.15) is 30.2 Å². The summed E-state index contributed by atoms with van der Waals surface area (Å²) in [6.45, 7) is 4.68. The van der Waals surface area contributed by atoms with Crippen LogP contribution in [0.5, 0.6) is 0 Å². The Balaban J connectivity index is 3.33. The first kappa shape index (κ1) is 48.3. The van der Waals surface area contributed by atoms with Gasteiger partial charge in [0.25, 0.3) is 0 Å². The number of nitrogens with two attached hydrogens (primary N) is 5. The average Bonchev–Trinajstić information content (AvgIpc) is 3.14. The van der Waals surface area contributed by atoms with Crippen LogP contribution in [-0.4, -0.2) is 126 Å². The van der Waals surface area contributed by atoms with Crippen molar-refractivity contribution >= 4 is 41.4 Å². The molecule has 20 nitrogen and oxygen atoms in total. The van der Waals surface area contributed by atoms with Gasteiger partial charge in [0.05, 0.1) is 12.1 Å². The van der Waals surface area contributed by atoms with Crippen LogP contribution in [0.2, 0.25) is 0 Å². The predicted octanol–water partition coefficient (Wildman–Crippen LogP) is -4.63. The third kappa shape index (κ3) is 16.7. The number of aliphatic hydroxyl groups is 1. The van der Waals surface area contributed by atoms with Gasteiger partial charge in [0, 0.05) is 6.42 Å². The molecule has 0 spiro atoms. The molecule has 1 aromatic carbocycles. The van der Waals surface area contributed by atoms with Crippen LogP contribution >= 0.6 is 0 Å². The fraction of sp³-hybridized carbons (Fsp3) is 0.629. The van der Waals surface area contributed by atoms with Crippen molar-refractivity contribution in [3.05, 3.63) is 35.9 Å². The maximum atomic E-state index is 14.0. The van der Waals surface area contributed by atoms with Crippen molar-refractivity contribution in [1.82, 2.24) is 31.9 Å². The summed E-state index contributed by atoms with van der Waals surface area (Å²) >= 11 is 0. The zero-order chi connectivity index (χ0) is 41.7. The summed E-state index contributed by atoms with van der Waals surface area (Å²) in [5, 5.41) is 34.3. The second-order valence-electron chi connectivity index (χ2n) is 13.3. The van der Waals surface area contributed by atoms with Crippen LogP contribution in [0.15, 0.2) is 30.3 Å². The Labute approximate surface area is 321 Å². The van der Waals surface area contributed by atoms with Gasteiger partial charge in [0.2, 0.25) is 35.4 Å². The van der Waals surface area contributed by atoms with E-state index in [1.54, 1.807) is 44.2 Å². The van der Waals surface area contributed by atoms with Gasteiger partial charge in [-0.25, -0.2) is 4.79 Å². The fourth-order valence-electron chi connectivity index (χ4n) is 5.36. The van der Waals surface area contributed by atoms with Crippen molar-refractivity contribution in [2.75, 3.05) is 26.2 Å². The van der Waals surface area contributed by atoms with Gasteiger partial charge in [-0.05, 0) is 70.3 Å². The van der Waals surface area contributed by atoms with E-state index in [0.29, 0.717) is 12.0 Å². The molecule has 310 valence electrons. The summed E-state index contributed by atoms with van der Waals surface area (Å²) in [5.74, 6) is -6.57. The Kier molecular flexibility index (Phi) is 22.3. The molecule has 0 heterocycles. The van der Waals surface area contributed by atoms with Crippen molar-refractivity contribution in [2.45, 2.75) is 108 Å². The number of hydrogen-bond acceptors (Lipinski definition) is 13. The quantitative estimate of drug-likeness (QED) is 0.0421. The van der Waals surface area contributed by atoms with E-state index in [1.807, 2.05) is 0 Å². The molecular weight excluding hydrogens is 718 g/mol. The van der Waals surface area contributed by atoms with E-state index in [1.165, 1.54) is 6.92 Å². The van der Waals surface area contributed by atoms with Gasteiger partial charge >= 0.3 is 5.97 Å². The lowest BCUT2D eigenvalue weighted by molar-refractivity contribution is -0.145. The average molecular weight is 780 g/mol. The molecule has 9 atom stereocenters.